The second kappa shape index (κ2) is 7.43. The highest BCUT2D eigenvalue weighted by atomic mass is 16.2. The van der Waals surface area contributed by atoms with Crippen LogP contribution >= 0.6 is 0 Å². The Hall–Kier alpha value is -2.82. The number of benzene rings is 2. The SMILES string of the molecule is Cc1ccccc1-c1cccc(NC(=O)NC[C@@H]2CC(=O)N(C3CC3)C2)c1. The molecule has 5 nitrogen and oxygen atoms in total. The Bertz CT molecular complexity index is 860. The fraction of sp³-hybridized carbons (Fsp3) is 0.364. The number of hydrogen-bond acceptors (Lipinski definition) is 2. The third-order valence-electron chi connectivity index (χ3n) is 5.35. The lowest BCUT2D eigenvalue weighted by Gasteiger charge is -2.16. The minimum atomic E-state index is -0.228. The maximum atomic E-state index is 12.3. The Kier molecular flexibility index (Phi) is 4.84. The molecule has 2 N–H and O–H groups in total. The van der Waals surface area contributed by atoms with Gasteiger partial charge in [0.25, 0.3) is 0 Å². The van der Waals surface area contributed by atoms with E-state index in [0.717, 1.165) is 36.2 Å². The Balaban J connectivity index is 1.33. The van der Waals surface area contributed by atoms with E-state index in [1.165, 1.54) is 5.56 Å². The quantitative estimate of drug-likeness (QED) is 0.849. The molecule has 3 amide bonds. The molecule has 1 saturated heterocycles. The highest BCUT2D eigenvalue weighted by Gasteiger charge is 2.39. The number of hydrogen-bond donors (Lipinski definition) is 2. The highest BCUT2D eigenvalue weighted by molar-refractivity contribution is 5.90. The lowest BCUT2D eigenvalue weighted by molar-refractivity contribution is -0.128. The number of rotatable bonds is 5. The topological polar surface area (TPSA) is 61.4 Å². The average Bonchev–Trinajstić information content (AvgIpc) is 3.43. The summed E-state index contributed by atoms with van der Waals surface area (Å²) in [7, 11) is 0. The molecule has 27 heavy (non-hydrogen) atoms. The van der Waals surface area contributed by atoms with Gasteiger partial charge in [-0.05, 0) is 48.6 Å². The van der Waals surface area contributed by atoms with Crippen molar-refractivity contribution in [1.29, 1.82) is 0 Å². The van der Waals surface area contributed by atoms with Crippen LogP contribution in [0.3, 0.4) is 0 Å². The summed E-state index contributed by atoms with van der Waals surface area (Å²) in [5, 5.41) is 5.82. The van der Waals surface area contributed by atoms with Crippen LogP contribution in [-0.2, 0) is 4.79 Å². The van der Waals surface area contributed by atoms with Gasteiger partial charge in [-0.3, -0.25) is 4.79 Å². The highest BCUT2D eigenvalue weighted by Crippen LogP contribution is 2.32. The predicted octanol–water partition coefficient (Wildman–Crippen LogP) is 3.79. The molecule has 1 aliphatic heterocycles. The monoisotopic (exact) mass is 363 g/mol. The van der Waals surface area contributed by atoms with Crippen LogP contribution in [0.1, 0.15) is 24.8 Å². The van der Waals surface area contributed by atoms with E-state index in [4.69, 9.17) is 0 Å². The van der Waals surface area contributed by atoms with Crippen molar-refractivity contribution < 1.29 is 9.59 Å². The normalized spacial score (nSPS) is 19.2. The minimum absolute atomic E-state index is 0.210. The molecule has 2 aliphatic rings. The maximum Gasteiger partial charge on any atom is 0.319 e. The first kappa shape index (κ1) is 17.6. The molecule has 1 aliphatic carbocycles. The summed E-state index contributed by atoms with van der Waals surface area (Å²) in [4.78, 5) is 26.3. The van der Waals surface area contributed by atoms with Gasteiger partial charge in [-0.1, -0.05) is 36.4 Å². The van der Waals surface area contributed by atoms with Crippen molar-refractivity contribution in [2.24, 2.45) is 5.92 Å². The summed E-state index contributed by atoms with van der Waals surface area (Å²) in [6, 6.07) is 16.3. The number of urea groups is 1. The molecule has 2 aromatic rings. The van der Waals surface area contributed by atoms with Crippen molar-refractivity contribution >= 4 is 17.6 Å². The zero-order valence-corrected chi connectivity index (χ0v) is 15.6. The van der Waals surface area contributed by atoms with Crippen molar-refractivity contribution in [3.63, 3.8) is 0 Å². The van der Waals surface area contributed by atoms with Crippen LogP contribution in [0.4, 0.5) is 10.5 Å². The van der Waals surface area contributed by atoms with E-state index in [1.807, 2.05) is 41.3 Å². The molecule has 0 spiro atoms. The number of nitrogens with zero attached hydrogens (tertiary/aromatic N) is 1. The van der Waals surface area contributed by atoms with Crippen LogP contribution in [0.15, 0.2) is 48.5 Å². The molecule has 1 atom stereocenters. The second-order valence-electron chi connectivity index (χ2n) is 7.58. The van der Waals surface area contributed by atoms with Gasteiger partial charge in [0.1, 0.15) is 0 Å². The molecule has 1 heterocycles. The van der Waals surface area contributed by atoms with Gasteiger partial charge in [0.15, 0.2) is 0 Å². The number of carbonyl (C=O) groups excluding carboxylic acids is 2. The molecular weight excluding hydrogens is 338 g/mol. The fourth-order valence-electron chi connectivity index (χ4n) is 3.76. The lowest BCUT2D eigenvalue weighted by atomic mass is 10.0. The van der Waals surface area contributed by atoms with Crippen molar-refractivity contribution in [2.75, 3.05) is 18.4 Å². The Morgan fingerprint density at radius 1 is 1.15 bits per heavy atom. The standard InChI is InChI=1S/C22H25N3O2/c1-15-5-2-3-8-20(15)17-6-4-7-18(12-17)24-22(27)23-13-16-11-21(26)25(14-16)19-9-10-19/h2-8,12,16,19H,9-11,13-14H2,1H3,(H2,23,24,27)/t16-/m0/s1. The van der Waals surface area contributed by atoms with Crippen LogP contribution < -0.4 is 10.6 Å². The van der Waals surface area contributed by atoms with E-state index in [-0.39, 0.29) is 17.9 Å². The summed E-state index contributed by atoms with van der Waals surface area (Å²) in [5.41, 5.74) is 4.19. The number of amides is 3. The molecule has 140 valence electrons. The molecule has 5 heteroatoms. The van der Waals surface area contributed by atoms with Crippen LogP contribution in [0, 0.1) is 12.8 Å². The van der Waals surface area contributed by atoms with Gasteiger partial charge in [-0.25, -0.2) is 4.79 Å². The fourth-order valence-corrected chi connectivity index (χ4v) is 3.76. The number of likely N-dealkylation sites (tertiary alicyclic amines) is 1. The van der Waals surface area contributed by atoms with Gasteiger partial charge in [-0.2, -0.15) is 0 Å². The number of anilines is 1. The third-order valence-corrected chi connectivity index (χ3v) is 5.35. The van der Waals surface area contributed by atoms with E-state index in [0.29, 0.717) is 19.0 Å². The van der Waals surface area contributed by atoms with Gasteiger partial charge >= 0.3 is 6.03 Å². The Morgan fingerprint density at radius 3 is 2.74 bits per heavy atom. The molecule has 2 fully saturated rings. The van der Waals surface area contributed by atoms with E-state index in [9.17, 15) is 9.59 Å². The van der Waals surface area contributed by atoms with Crippen LogP contribution in [0.2, 0.25) is 0 Å². The minimum Gasteiger partial charge on any atom is -0.339 e. The smallest absolute Gasteiger partial charge is 0.319 e. The molecular formula is C22H25N3O2. The van der Waals surface area contributed by atoms with Gasteiger partial charge in [0, 0.05) is 37.2 Å². The van der Waals surface area contributed by atoms with Gasteiger partial charge in [0.2, 0.25) is 5.91 Å². The molecule has 0 radical (unpaired) electrons. The molecule has 0 bridgehead atoms. The average molecular weight is 363 g/mol. The summed E-state index contributed by atoms with van der Waals surface area (Å²) in [5.74, 6) is 0.442. The first-order chi connectivity index (χ1) is 13.1. The summed E-state index contributed by atoms with van der Waals surface area (Å²) >= 11 is 0. The van der Waals surface area contributed by atoms with Crippen molar-refractivity contribution in [1.82, 2.24) is 10.2 Å². The molecule has 0 unspecified atom stereocenters. The van der Waals surface area contributed by atoms with Crippen molar-refractivity contribution in [2.45, 2.75) is 32.2 Å². The van der Waals surface area contributed by atoms with Crippen molar-refractivity contribution in [3.05, 3.63) is 54.1 Å². The van der Waals surface area contributed by atoms with E-state index < -0.39 is 0 Å². The van der Waals surface area contributed by atoms with Crippen LogP contribution in [-0.4, -0.2) is 36.0 Å². The molecule has 0 aromatic heterocycles. The number of carbonyl (C=O) groups is 2. The predicted molar refractivity (Wildman–Crippen MR) is 106 cm³/mol. The number of nitrogens with one attached hydrogen (secondary N) is 2. The zero-order chi connectivity index (χ0) is 18.8. The molecule has 2 aromatic carbocycles. The van der Waals surface area contributed by atoms with Gasteiger partial charge < -0.3 is 15.5 Å². The Labute approximate surface area is 159 Å². The lowest BCUT2D eigenvalue weighted by Crippen LogP contribution is -2.34. The first-order valence-corrected chi connectivity index (χ1v) is 9.60. The maximum absolute atomic E-state index is 12.3. The summed E-state index contributed by atoms with van der Waals surface area (Å²) < 4.78 is 0. The van der Waals surface area contributed by atoms with Crippen molar-refractivity contribution in [3.8, 4) is 11.1 Å². The van der Waals surface area contributed by atoms with E-state index >= 15 is 0 Å². The molecule has 4 rings (SSSR count). The zero-order valence-electron chi connectivity index (χ0n) is 15.6. The molecule has 1 saturated carbocycles. The Morgan fingerprint density at radius 2 is 1.96 bits per heavy atom. The van der Waals surface area contributed by atoms with Crippen LogP contribution in [0.5, 0.6) is 0 Å². The third kappa shape index (κ3) is 4.13. The van der Waals surface area contributed by atoms with Gasteiger partial charge in [-0.15, -0.1) is 0 Å². The van der Waals surface area contributed by atoms with Crippen LogP contribution in [0.25, 0.3) is 11.1 Å². The summed E-state index contributed by atoms with van der Waals surface area (Å²) in [6.45, 7) is 3.38. The largest absolute Gasteiger partial charge is 0.339 e. The summed E-state index contributed by atoms with van der Waals surface area (Å²) in [6.07, 6.45) is 2.80. The number of aryl methyl sites for hydroxylation is 1. The second-order valence-corrected chi connectivity index (χ2v) is 7.58. The van der Waals surface area contributed by atoms with E-state index in [2.05, 4.69) is 29.7 Å². The first-order valence-electron chi connectivity index (χ1n) is 9.60. The van der Waals surface area contributed by atoms with Gasteiger partial charge in [0.05, 0.1) is 0 Å². The van der Waals surface area contributed by atoms with E-state index in [1.54, 1.807) is 0 Å².